The van der Waals surface area contributed by atoms with Crippen molar-refractivity contribution < 1.29 is 9.18 Å². The number of anilines is 1. The number of nitrogens with zero attached hydrogens (tertiary/aromatic N) is 5. The van der Waals surface area contributed by atoms with Crippen molar-refractivity contribution in [1.82, 2.24) is 19.4 Å². The minimum atomic E-state index is -0.259. The molecule has 38 heavy (non-hydrogen) atoms. The second kappa shape index (κ2) is 10.8. The quantitative estimate of drug-likeness (QED) is 0.347. The van der Waals surface area contributed by atoms with Crippen molar-refractivity contribution >= 4 is 34.2 Å². The van der Waals surface area contributed by atoms with Crippen LogP contribution in [0.2, 0.25) is 5.02 Å². The van der Waals surface area contributed by atoms with E-state index in [1.807, 2.05) is 47.4 Å². The molecule has 4 aromatic rings. The van der Waals surface area contributed by atoms with Gasteiger partial charge in [-0.1, -0.05) is 29.8 Å². The number of piperazine rings is 1. The number of rotatable bonds is 5. The number of aromatic nitrogens is 2. The molecule has 0 aliphatic carbocycles. The highest BCUT2D eigenvalue weighted by Crippen LogP contribution is 2.27. The molecule has 3 heterocycles. The van der Waals surface area contributed by atoms with Crippen LogP contribution in [-0.2, 0) is 11.3 Å². The second-order valence-electron chi connectivity index (χ2n) is 10.2. The summed E-state index contributed by atoms with van der Waals surface area (Å²) in [4.78, 5) is 25.1. The molecule has 2 aliphatic rings. The molecule has 1 amide bonds. The highest BCUT2D eigenvalue weighted by Gasteiger charge is 2.32. The molecule has 6 rings (SSSR count). The number of para-hydroxylation sites is 2. The first-order valence-electron chi connectivity index (χ1n) is 13.3. The molecule has 2 aliphatic heterocycles. The number of halogens is 2. The van der Waals surface area contributed by atoms with Gasteiger partial charge in [0.1, 0.15) is 11.6 Å². The third-order valence-electron chi connectivity index (χ3n) is 7.70. The number of benzene rings is 3. The van der Waals surface area contributed by atoms with E-state index in [2.05, 4.69) is 20.4 Å². The average Bonchev–Trinajstić information content (AvgIpc) is 3.31. The number of piperidine rings is 1. The Bertz CT molecular complexity index is 1430. The molecule has 6 nitrogen and oxygen atoms in total. The number of carbonyl (C=O) groups excluding carboxylic acids is 1. The maximum absolute atomic E-state index is 13.6. The largest absolute Gasteiger partial charge is 0.368 e. The molecule has 2 fully saturated rings. The average molecular weight is 532 g/mol. The molecule has 0 radical (unpaired) electrons. The van der Waals surface area contributed by atoms with Crippen LogP contribution in [0.4, 0.5) is 10.1 Å². The van der Waals surface area contributed by atoms with E-state index in [0.717, 1.165) is 85.4 Å². The number of carbonyl (C=O) groups is 1. The zero-order chi connectivity index (χ0) is 26.1. The Balaban J connectivity index is 1.14. The van der Waals surface area contributed by atoms with Crippen molar-refractivity contribution in [2.45, 2.75) is 19.4 Å². The lowest BCUT2D eigenvalue weighted by Gasteiger charge is -2.39. The number of hydrogen-bond donors (Lipinski definition) is 0. The minimum Gasteiger partial charge on any atom is -0.368 e. The van der Waals surface area contributed by atoms with Gasteiger partial charge >= 0.3 is 0 Å². The monoisotopic (exact) mass is 531 g/mol. The summed E-state index contributed by atoms with van der Waals surface area (Å²) in [7, 11) is 0. The van der Waals surface area contributed by atoms with Crippen molar-refractivity contribution in [3.63, 3.8) is 0 Å². The van der Waals surface area contributed by atoms with Crippen LogP contribution in [0.3, 0.4) is 0 Å². The van der Waals surface area contributed by atoms with E-state index in [1.165, 1.54) is 12.1 Å². The van der Waals surface area contributed by atoms with Crippen molar-refractivity contribution in [2.75, 3.05) is 44.2 Å². The number of hydrogen-bond acceptors (Lipinski definition) is 4. The fourth-order valence-corrected chi connectivity index (χ4v) is 5.96. The third kappa shape index (κ3) is 5.13. The fourth-order valence-electron chi connectivity index (χ4n) is 5.78. The van der Waals surface area contributed by atoms with E-state index < -0.39 is 0 Å². The molecular weight excluding hydrogens is 501 g/mol. The maximum Gasteiger partial charge on any atom is 0.227 e. The van der Waals surface area contributed by atoms with E-state index in [-0.39, 0.29) is 17.6 Å². The van der Waals surface area contributed by atoms with Crippen LogP contribution >= 0.6 is 11.6 Å². The summed E-state index contributed by atoms with van der Waals surface area (Å²) in [5.41, 5.74) is 3.90. The van der Waals surface area contributed by atoms with Crippen LogP contribution in [0, 0.1) is 11.7 Å². The zero-order valence-electron chi connectivity index (χ0n) is 21.3. The van der Waals surface area contributed by atoms with Gasteiger partial charge in [-0.3, -0.25) is 14.3 Å². The number of amides is 1. The molecule has 196 valence electrons. The molecular formula is C30H31ClFN5O. The van der Waals surface area contributed by atoms with Crippen LogP contribution in [-0.4, -0.2) is 64.5 Å². The van der Waals surface area contributed by atoms with Crippen molar-refractivity contribution in [2.24, 2.45) is 5.92 Å². The van der Waals surface area contributed by atoms with Crippen LogP contribution in [0.15, 0.2) is 72.8 Å². The Kier molecular flexibility index (Phi) is 7.04. The van der Waals surface area contributed by atoms with Crippen LogP contribution in [0.1, 0.15) is 18.7 Å². The van der Waals surface area contributed by atoms with Gasteiger partial charge in [-0.2, -0.15) is 0 Å². The number of imidazole rings is 1. The van der Waals surface area contributed by atoms with Gasteiger partial charge in [0.25, 0.3) is 0 Å². The van der Waals surface area contributed by atoms with Crippen molar-refractivity contribution in [1.29, 1.82) is 0 Å². The summed E-state index contributed by atoms with van der Waals surface area (Å²) in [6.07, 6.45) is 1.90. The van der Waals surface area contributed by atoms with E-state index in [4.69, 9.17) is 16.6 Å². The van der Waals surface area contributed by atoms with Crippen molar-refractivity contribution in [3.8, 4) is 5.69 Å². The molecule has 3 aromatic carbocycles. The van der Waals surface area contributed by atoms with E-state index in [1.54, 1.807) is 12.1 Å². The molecule has 8 heteroatoms. The summed E-state index contributed by atoms with van der Waals surface area (Å²) >= 11 is 6.17. The normalized spacial score (nSPS) is 18.7. The van der Waals surface area contributed by atoms with Gasteiger partial charge in [-0.15, -0.1) is 0 Å². The zero-order valence-corrected chi connectivity index (χ0v) is 22.0. The predicted octanol–water partition coefficient (Wildman–Crippen LogP) is 5.38. The van der Waals surface area contributed by atoms with Gasteiger partial charge in [-0.25, -0.2) is 9.37 Å². The molecule has 2 saturated heterocycles. The second-order valence-corrected chi connectivity index (χ2v) is 10.6. The lowest BCUT2D eigenvalue weighted by molar-refractivity contribution is -0.137. The number of likely N-dealkylation sites (tertiary alicyclic amines) is 1. The highest BCUT2D eigenvalue weighted by molar-refractivity contribution is 6.30. The predicted molar refractivity (Wildman–Crippen MR) is 149 cm³/mol. The van der Waals surface area contributed by atoms with E-state index in [0.29, 0.717) is 6.54 Å². The Morgan fingerprint density at radius 1 is 0.921 bits per heavy atom. The third-order valence-corrected chi connectivity index (χ3v) is 7.93. The Morgan fingerprint density at radius 3 is 2.50 bits per heavy atom. The Hall–Kier alpha value is -3.42. The van der Waals surface area contributed by atoms with Gasteiger partial charge in [0.15, 0.2) is 0 Å². The molecule has 1 aromatic heterocycles. The van der Waals surface area contributed by atoms with E-state index >= 15 is 0 Å². The van der Waals surface area contributed by atoms with Gasteiger partial charge in [0.2, 0.25) is 5.91 Å². The minimum absolute atomic E-state index is 0.00915. The molecule has 1 atom stereocenters. The maximum atomic E-state index is 13.6. The van der Waals surface area contributed by atoms with Gasteiger partial charge in [0, 0.05) is 49.1 Å². The van der Waals surface area contributed by atoms with Gasteiger partial charge in [-0.05, 0) is 74.0 Å². The SMILES string of the molecule is O=C([C@H]1CCCN(Cc2nc3ccccc3n2-c2ccc(F)cc2)C1)N1CCN(c2cccc(Cl)c2)CC1. The van der Waals surface area contributed by atoms with Gasteiger partial charge in [0.05, 0.1) is 23.5 Å². The fraction of sp³-hybridized carbons (Fsp3) is 0.333. The summed E-state index contributed by atoms with van der Waals surface area (Å²) in [5, 5.41) is 0.733. The topological polar surface area (TPSA) is 44.6 Å². The molecule has 0 bridgehead atoms. The summed E-state index contributed by atoms with van der Waals surface area (Å²) in [6, 6.07) is 22.5. The number of fused-ring (bicyclic) bond motifs is 1. The van der Waals surface area contributed by atoms with Crippen LogP contribution in [0.5, 0.6) is 0 Å². The first-order chi connectivity index (χ1) is 18.5. The van der Waals surface area contributed by atoms with Gasteiger partial charge < -0.3 is 9.80 Å². The molecule has 0 unspecified atom stereocenters. The van der Waals surface area contributed by atoms with Crippen LogP contribution in [0.25, 0.3) is 16.7 Å². The summed E-state index contributed by atoms with van der Waals surface area (Å²) < 4.78 is 15.7. The molecule has 0 saturated carbocycles. The first-order valence-corrected chi connectivity index (χ1v) is 13.7. The smallest absolute Gasteiger partial charge is 0.227 e. The van der Waals surface area contributed by atoms with Crippen molar-refractivity contribution in [3.05, 3.63) is 89.5 Å². The highest BCUT2D eigenvalue weighted by atomic mass is 35.5. The standard InChI is InChI=1S/C30H31ClFN5O/c31-23-6-3-7-26(19-23)35-15-17-36(18-16-35)30(38)22-5-4-14-34(20-22)21-29-33-27-8-1-2-9-28(27)37(29)25-12-10-24(32)11-13-25/h1-3,6-13,19,22H,4-5,14-18,20-21H2/t22-/m0/s1. The molecule has 0 spiro atoms. The van der Waals surface area contributed by atoms with E-state index in [9.17, 15) is 9.18 Å². The van der Waals surface area contributed by atoms with Crippen LogP contribution < -0.4 is 4.90 Å². The summed E-state index contributed by atoms with van der Waals surface area (Å²) in [6.45, 7) is 5.36. The molecule has 0 N–H and O–H groups in total. The lowest BCUT2D eigenvalue weighted by Crippen LogP contribution is -2.52. The Labute approximate surface area is 227 Å². The lowest BCUT2D eigenvalue weighted by atomic mass is 9.96. The first kappa shape index (κ1) is 24.9. The summed E-state index contributed by atoms with van der Waals surface area (Å²) in [5.74, 6) is 0.893. The Morgan fingerprint density at radius 2 is 1.71 bits per heavy atom.